The van der Waals surface area contributed by atoms with Crippen molar-refractivity contribution in [2.45, 2.75) is 13.0 Å². The number of benzene rings is 3. The summed E-state index contributed by atoms with van der Waals surface area (Å²) in [5.41, 5.74) is 1.70. The molecule has 3 aromatic rings. The number of allylic oxidation sites excluding steroid dienone is 1. The van der Waals surface area contributed by atoms with Crippen molar-refractivity contribution in [3.63, 3.8) is 0 Å². The van der Waals surface area contributed by atoms with E-state index in [-0.39, 0.29) is 30.3 Å². The number of amides is 4. The molecule has 0 bridgehead atoms. The fraction of sp³-hybridized carbons (Fsp3) is 0.138. The van der Waals surface area contributed by atoms with Gasteiger partial charge < -0.3 is 18.9 Å². The van der Waals surface area contributed by atoms with E-state index in [4.69, 9.17) is 18.9 Å². The van der Waals surface area contributed by atoms with E-state index in [0.717, 1.165) is 4.90 Å². The molecule has 0 spiro atoms. The Morgan fingerprint density at radius 3 is 2.54 bits per heavy atom. The third-order valence-electron chi connectivity index (χ3n) is 6.30. The number of ether oxygens (including phenoxy) is 4. The van der Waals surface area contributed by atoms with Gasteiger partial charge in [0.05, 0.1) is 17.7 Å². The lowest BCUT2D eigenvalue weighted by Crippen LogP contribution is -2.54. The van der Waals surface area contributed by atoms with E-state index in [2.05, 4.69) is 11.9 Å². The van der Waals surface area contributed by atoms with Gasteiger partial charge in [-0.15, -0.1) is 6.58 Å². The molecule has 1 saturated heterocycles. The first-order valence-electron chi connectivity index (χ1n) is 12.3. The molecule has 1 N–H and O–H groups in total. The molecule has 12 nitrogen and oxygen atoms in total. The molecule has 12 heteroatoms. The van der Waals surface area contributed by atoms with E-state index in [1.165, 1.54) is 37.5 Å². The molecule has 0 aromatic heterocycles. The minimum atomic E-state index is -0.893. The molecule has 0 atom stereocenters. The first-order valence-corrected chi connectivity index (χ1v) is 12.3. The van der Waals surface area contributed by atoms with E-state index in [1.807, 2.05) is 0 Å². The first-order chi connectivity index (χ1) is 19.8. The Kier molecular flexibility index (Phi) is 7.37. The van der Waals surface area contributed by atoms with Gasteiger partial charge in [-0.2, -0.15) is 0 Å². The summed E-state index contributed by atoms with van der Waals surface area (Å²) in [6, 6.07) is 12.9. The minimum Gasteiger partial charge on any atom is -0.493 e. The third kappa shape index (κ3) is 5.43. The van der Waals surface area contributed by atoms with E-state index in [9.17, 15) is 24.5 Å². The molecule has 0 radical (unpaired) electrons. The van der Waals surface area contributed by atoms with Crippen molar-refractivity contribution in [3.8, 4) is 23.0 Å². The number of rotatable bonds is 9. The Morgan fingerprint density at radius 1 is 1.07 bits per heavy atom. The number of fused-ring (bicyclic) bond motifs is 1. The van der Waals surface area contributed by atoms with Gasteiger partial charge in [-0.3, -0.25) is 25.0 Å². The number of hydrogen-bond acceptors (Lipinski definition) is 9. The van der Waals surface area contributed by atoms with Gasteiger partial charge in [0.25, 0.3) is 17.5 Å². The summed E-state index contributed by atoms with van der Waals surface area (Å²) in [5.74, 6) is -0.0908. The normalized spacial score (nSPS) is 15.1. The molecule has 208 valence electrons. The number of anilines is 1. The lowest BCUT2D eigenvalue weighted by molar-refractivity contribution is -0.384. The van der Waals surface area contributed by atoms with Crippen LogP contribution in [0.5, 0.6) is 23.0 Å². The molecule has 1 fully saturated rings. The maximum Gasteiger partial charge on any atom is 0.335 e. The van der Waals surface area contributed by atoms with Crippen molar-refractivity contribution in [2.24, 2.45) is 0 Å². The molecule has 41 heavy (non-hydrogen) atoms. The van der Waals surface area contributed by atoms with Crippen LogP contribution in [0.25, 0.3) is 6.08 Å². The molecule has 0 aliphatic carbocycles. The van der Waals surface area contributed by atoms with Crippen LogP contribution in [0, 0.1) is 10.1 Å². The standard InChI is InChI=1S/C29H23N3O9/c1-3-4-19-11-18(13-25(38-2)26(19)39-15-17-5-7-20(8-6-17)32(36)37)12-22-27(33)30-29(35)31(28(22)34)21-9-10-23-24(14-21)41-16-40-23/h3,5-14H,1,4,15-16H2,2H3,(H,30,33,35)/b22-12+. The van der Waals surface area contributed by atoms with Crippen LogP contribution in [-0.4, -0.2) is 36.7 Å². The molecule has 2 aliphatic heterocycles. The lowest BCUT2D eigenvalue weighted by atomic mass is 10.0. The molecule has 2 heterocycles. The van der Waals surface area contributed by atoms with Crippen LogP contribution in [0.3, 0.4) is 0 Å². The predicted octanol–water partition coefficient (Wildman–Crippen LogP) is 4.31. The van der Waals surface area contributed by atoms with Gasteiger partial charge in [-0.1, -0.05) is 6.08 Å². The number of imide groups is 2. The summed E-state index contributed by atoms with van der Waals surface area (Å²) in [7, 11) is 1.45. The molecular weight excluding hydrogens is 534 g/mol. The van der Waals surface area contributed by atoms with Crippen molar-refractivity contribution < 1.29 is 38.3 Å². The highest BCUT2D eigenvalue weighted by molar-refractivity contribution is 6.39. The first kappa shape index (κ1) is 26.9. The SMILES string of the molecule is C=CCc1cc(/C=C2\C(=O)NC(=O)N(c3ccc4c(c3)OCO4)C2=O)cc(OC)c1OCc1ccc([N+](=O)[O-])cc1. The molecular formula is C29H23N3O9. The van der Waals surface area contributed by atoms with Gasteiger partial charge in [-0.25, -0.2) is 9.69 Å². The number of non-ortho nitro benzene ring substituents is 1. The Bertz CT molecular complexity index is 1610. The zero-order valence-corrected chi connectivity index (χ0v) is 21.7. The highest BCUT2D eigenvalue weighted by atomic mass is 16.7. The minimum absolute atomic E-state index is 0.0189. The number of nitrogens with zero attached hydrogens (tertiary/aromatic N) is 2. The van der Waals surface area contributed by atoms with Crippen LogP contribution >= 0.6 is 0 Å². The number of methoxy groups -OCH3 is 1. The van der Waals surface area contributed by atoms with Crippen LogP contribution in [0.4, 0.5) is 16.2 Å². The number of urea groups is 1. The molecule has 5 rings (SSSR count). The van der Waals surface area contributed by atoms with E-state index >= 15 is 0 Å². The van der Waals surface area contributed by atoms with Crippen LogP contribution in [0.1, 0.15) is 16.7 Å². The van der Waals surface area contributed by atoms with Crippen molar-refractivity contribution >= 4 is 35.3 Å². The molecule has 0 saturated carbocycles. The quantitative estimate of drug-likeness (QED) is 0.134. The number of carbonyl (C=O) groups is 3. The van der Waals surface area contributed by atoms with E-state index in [0.29, 0.717) is 46.1 Å². The van der Waals surface area contributed by atoms with Gasteiger partial charge >= 0.3 is 6.03 Å². The summed E-state index contributed by atoms with van der Waals surface area (Å²) in [4.78, 5) is 50.1. The van der Waals surface area contributed by atoms with Crippen molar-refractivity contribution in [2.75, 3.05) is 18.8 Å². The zero-order valence-electron chi connectivity index (χ0n) is 21.7. The van der Waals surface area contributed by atoms with E-state index in [1.54, 1.807) is 36.4 Å². The van der Waals surface area contributed by atoms with Gasteiger partial charge in [0.2, 0.25) is 6.79 Å². The third-order valence-corrected chi connectivity index (χ3v) is 6.30. The van der Waals surface area contributed by atoms with Crippen molar-refractivity contribution in [3.05, 3.63) is 99.6 Å². The Labute approximate surface area is 233 Å². The number of barbiturate groups is 1. The summed E-state index contributed by atoms with van der Waals surface area (Å²) in [6.07, 6.45) is 3.38. The predicted molar refractivity (Wildman–Crippen MR) is 146 cm³/mol. The number of nitro groups is 1. The number of hydrogen-bond donors (Lipinski definition) is 1. The highest BCUT2D eigenvalue weighted by Crippen LogP contribution is 2.37. The highest BCUT2D eigenvalue weighted by Gasteiger charge is 2.37. The van der Waals surface area contributed by atoms with Gasteiger partial charge in [-0.05, 0) is 60.0 Å². The molecule has 2 aliphatic rings. The Morgan fingerprint density at radius 2 is 1.83 bits per heavy atom. The fourth-order valence-corrected chi connectivity index (χ4v) is 4.34. The summed E-state index contributed by atoms with van der Waals surface area (Å²) in [5, 5.41) is 13.1. The van der Waals surface area contributed by atoms with Crippen LogP contribution < -0.4 is 29.2 Å². The second-order valence-electron chi connectivity index (χ2n) is 8.91. The van der Waals surface area contributed by atoms with Crippen LogP contribution in [0.15, 0.2) is 72.8 Å². The van der Waals surface area contributed by atoms with Crippen LogP contribution in [-0.2, 0) is 22.6 Å². The smallest absolute Gasteiger partial charge is 0.335 e. The number of nitrogens with one attached hydrogen (secondary N) is 1. The fourth-order valence-electron chi connectivity index (χ4n) is 4.34. The molecule has 0 unspecified atom stereocenters. The number of carbonyl (C=O) groups excluding carboxylic acids is 3. The average molecular weight is 558 g/mol. The molecule has 4 amide bonds. The zero-order chi connectivity index (χ0) is 29.1. The van der Waals surface area contributed by atoms with Gasteiger partial charge in [0.15, 0.2) is 23.0 Å². The maximum atomic E-state index is 13.4. The van der Waals surface area contributed by atoms with Crippen molar-refractivity contribution in [1.82, 2.24) is 5.32 Å². The monoisotopic (exact) mass is 557 g/mol. The average Bonchev–Trinajstić information content (AvgIpc) is 3.43. The maximum absolute atomic E-state index is 13.4. The largest absolute Gasteiger partial charge is 0.493 e. The summed E-state index contributed by atoms with van der Waals surface area (Å²) < 4.78 is 22.2. The van der Waals surface area contributed by atoms with E-state index < -0.39 is 22.8 Å². The van der Waals surface area contributed by atoms with Crippen molar-refractivity contribution in [1.29, 1.82) is 0 Å². The summed E-state index contributed by atoms with van der Waals surface area (Å²) in [6.45, 7) is 3.91. The Balaban J connectivity index is 1.45. The second-order valence-corrected chi connectivity index (χ2v) is 8.91. The van der Waals surface area contributed by atoms with Gasteiger partial charge in [0, 0.05) is 23.8 Å². The lowest BCUT2D eigenvalue weighted by Gasteiger charge is -2.26. The Hall–Kier alpha value is -5.65. The molecule has 3 aromatic carbocycles. The topological polar surface area (TPSA) is 147 Å². The van der Waals surface area contributed by atoms with Crippen LogP contribution in [0.2, 0.25) is 0 Å². The second kappa shape index (κ2) is 11.2. The number of nitro benzene ring substituents is 1. The van der Waals surface area contributed by atoms with Gasteiger partial charge in [0.1, 0.15) is 12.2 Å². The summed E-state index contributed by atoms with van der Waals surface area (Å²) >= 11 is 0.